The van der Waals surface area contributed by atoms with E-state index < -0.39 is 16.5 Å². The van der Waals surface area contributed by atoms with Gasteiger partial charge in [-0.05, 0) is 42.8 Å². The molecule has 2 amide bonds. The number of anilines is 4. The van der Waals surface area contributed by atoms with Gasteiger partial charge in [0.15, 0.2) is 5.52 Å². The van der Waals surface area contributed by atoms with Gasteiger partial charge in [0.05, 0.1) is 33.7 Å². The number of nitro benzene ring substituents is 1. The van der Waals surface area contributed by atoms with E-state index in [-0.39, 0.29) is 16.6 Å². The van der Waals surface area contributed by atoms with Crippen LogP contribution >= 0.6 is 11.6 Å². The van der Waals surface area contributed by atoms with Gasteiger partial charge >= 0.3 is 6.03 Å². The van der Waals surface area contributed by atoms with Crippen LogP contribution in [0.3, 0.4) is 0 Å². The van der Waals surface area contributed by atoms with Crippen molar-refractivity contribution in [2.75, 3.05) is 16.0 Å². The van der Waals surface area contributed by atoms with E-state index in [9.17, 15) is 19.7 Å². The minimum atomic E-state index is -0.601. The summed E-state index contributed by atoms with van der Waals surface area (Å²) in [7, 11) is 0. The van der Waals surface area contributed by atoms with Crippen LogP contribution in [0.15, 0.2) is 65.7 Å². The number of nitro groups is 1. The van der Waals surface area contributed by atoms with Gasteiger partial charge in [0.2, 0.25) is 0 Å². The first-order valence-corrected chi connectivity index (χ1v) is 10.1. The molecule has 1 heterocycles. The number of benzene rings is 3. The number of halogens is 1. The Hall–Kier alpha value is -4.44. The maximum Gasteiger partial charge on any atom is 0.323 e. The fraction of sp³-hybridized carbons (Fsp3) is 0.0455. The number of aromatic amines is 1. The van der Waals surface area contributed by atoms with Crippen molar-refractivity contribution in [1.82, 2.24) is 9.97 Å². The third kappa shape index (κ3) is 4.60. The van der Waals surface area contributed by atoms with E-state index in [1.54, 1.807) is 42.5 Å². The van der Waals surface area contributed by atoms with Crippen molar-refractivity contribution in [1.29, 1.82) is 0 Å². The maximum absolute atomic E-state index is 12.5. The predicted molar refractivity (Wildman–Crippen MR) is 128 cm³/mol. The summed E-state index contributed by atoms with van der Waals surface area (Å²) in [5, 5.41) is 20.4. The summed E-state index contributed by atoms with van der Waals surface area (Å²) in [5.41, 5.74) is 1.71. The fourth-order valence-corrected chi connectivity index (χ4v) is 3.40. The number of carbonyl (C=O) groups is 1. The lowest BCUT2D eigenvalue weighted by Crippen LogP contribution is -2.20. The first-order chi connectivity index (χ1) is 15.8. The molecule has 0 bridgehead atoms. The van der Waals surface area contributed by atoms with Crippen molar-refractivity contribution in [3.8, 4) is 0 Å². The number of nitrogens with zero attached hydrogens (tertiary/aromatic N) is 2. The normalized spacial score (nSPS) is 10.6. The van der Waals surface area contributed by atoms with Crippen molar-refractivity contribution in [2.45, 2.75) is 6.92 Å². The molecular formula is C22H17ClN6O4. The number of nitrogens with one attached hydrogen (secondary N) is 4. The molecular weight excluding hydrogens is 448 g/mol. The summed E-state index contributed by atoms with van der Waals surface area (Å²) < 4.78 is 0. The molecule has 166 valence electrons. The number of H-pyrrole nitrogens is 1. The average molecular weight is 465 g/mol. The molecule has 33 heavy (non-hydrogen) atoms. The van der Waals surface area contributed by atoms with Crippen LogP contribution in [-0.2, 0) is 0 Å². The number of carbonyl (C=O) groups excluding carboxylic acids is 1. The minimum absolute atomic E-state index is 0.0280. The summed E-state index contributed by atoms with van der Waals surface area (Å²) in [6, 6.07) is 14.2. The second-order valence-corrected chi connectivity index (χ2v) is 7.47. The number of aromatic nitrogens is 2. The van der Waals surface area contributed by atoms with Gasteiger partial charge in [0.25, 0.3) is 11.2 Å². The van der Waals surface area contributed by atoms with Crippen LogP contribution in [0.5, 0.6) is 0 Å². The highest BCUT2D eigenvalue weighted by molar-refractivity contribution is 6.31. The van der Waals surface area contributed by atoms with Gasteiger partial charge < -0.3 is 20.9 Å². The number of aryl methyl sites for hydroxylation is 1. The smallest absolute Gasteiger partial charge is 0.323 e. The molecule has 3 aromatic carbocycles. The third-order valence-electron chi connectivity index (χ3n) is 4.84. The average Bonchev–Trinajstić information content (AvgIpc) is 2.77. The number of non-ortho nitro benzene ring substituents is 1. The number of para-hydroxylation sites is 2. The van der Waals surface area contributed by atoms with Crippen LogP contribution in [0.4, 0.5) is 33.2 Å². The standard InChI is InChI=1S/C22H17ClN6O4/c1-12-6-7-13(10-14(12)23)26-22(31)28-16-5-3-2-4-15(16)27-17-8-9-18(29(32)33)20-19(17)21(30)25-11-24-20/h2-11,27H,1H3,(H,24,25,30)(H2,26,28,31). The van der Waals surface area contributed by atoms with Crippen LogP contribution in [0.25, 0.3) is 10.9 Å². The van der Waals surface area contributed by atoms with E-state index >= 15 is 0 Å². The lowest BCUT2D eigenvalue weighted by atomic mass is 10.1. The second-order valence-electron chi connectivity index (χ2n) is 7.06. The van der Waals surface area contributed by atoms with Gasteiger partial charge in [0, 0.05) is 16.8 Å². The zero-order chi connectivity index (χ0) is 23.5. The highest BCUT2D eigenvalue weighted by Crippen LogP contribution is 2.32. The van der Waals surface area contributed by atoms with Crippen molar-refractivity contribution in [3.05, 3.63) is 92.0 Å². The molecule has 11 heteroatoms. The van der Waals surface area contributed by atoms with E-state index in [2.05, 4.69) is 25.9 Å². The third-order valence-corrected chi connectivity index (χ3v) is 5.25. The van der Waals surface area contributed by atoms with Gasteiger partial charge in [-0.25, -0.2) is 9.78 Å². The van der Waals surface area contributed by atoms with Crippen molar-refractivity contribution >= 4 is 57.0 Å². The Balaban J connectivity index is 1.63. The summed E-state index contributed by atoms with van der Waals surface area (Å²) >= 11 is 6.11. The summed E-state index contributed by atoms with van der Waals surface area (Å²) in [5.74, 6) is 0. The fourth-order valence-electron chi connectivity index (χ4n) is 3.22. The predicted octanol–water partition coefficient (Wildman–Crippen LogP) is 5.18. The lowest BCUT2D eigenvalue weighted by Gasteiger charge is -2.15. The van der Waals surface area contributed by atoms with E-state index in [0.717, 1.165) is 11.9 Å². The molecule has 0 aliphatic heterocycles. The van der Waals surface area contributed by atoms with E-state index in [0.29, 0.717) is 27.8 Å². The van der Waals surface area contributed by atoms with Crippen LogP contribution in [0.1, 0.15) is 5.56 Å². The molecule has 0 aliphatic carbocycles. The zero-order valence-electron chi connectivity index (χ0n) is 17.2. The second kappa shape index (κ2) is 8.97. The molecule has 0 fully saturated rings. The summed E-state index contributed by atoms with van der Waals surface area (Å²) in [4.78, 5) is 42.1. The molecule has 0 spiro atoms. The Bertz CT molecular complexity index is 1450. The Morgan fingerprint density at radius 1 is 1.06 bits per heavy atom. The highest BCUT2D eigenvalue weighted by atomic mass is 35.5. The molecule has 4 N–H and O–H groups in total. The quantitative estimate of drug-likeness (QED) is 0.237. The number of fused-ring (bicyclic) bond motifs is 1. The number of amides is 2. The van der Waals surface area contributed by atoms with Crippen molar-refractivity contribution in [3.63, 3.8) is 0 Å². The van der Waals surface area contributed by atoms with Crippen LogP contribution in [-0.4, -0.2) is 20.9 Å². The number of hydrogen-bond donors (Lipinski definition) is 4. The van der Waals surface area contributed by atoms with Crippen LogP contribution in [0, 0.1) is 17.0 Å². The largest absolute Gasteiger partial charge is 0.353 e. The van der Waals surface area contributed by atoms with Crippen LogP contribution in [0.2, 0.25) is 5.02 Å². The summed E-state index contributed by atoms with van der Waals surface area (Å²) in [6.07, 6.45) is 1.11. The monoisotopic (exact) mass is 464 g/mol. The first kappa shape index (κ1) is 21.8. The number of rotatable bonds is 5. The zero-order valence-corrected chi connectivity index (χ0v) is 17.9. The molecule has 0 unspecified atom stereocenters. The van der Waals surface area contributed by atoms with Gasteiger partial charge in [-0.1, -0.05) is 29.8 Å². The Kier molecular flexibility index (Phi) is 5.92. The number of urea groups is 1. The highest BCUT2D eigenvalue weighted by Gasteiger charge is 2.19. The maximum atomic E-state index is 12.5. The Morgan fingerprint density at radius 3 is 2.55 bits per heavy atom. The Labute approximate surface area is 191 Å². The van der Waals surface area contributed by atoms with Gasteiger partial charge in [-0.3, -0.25) is 14.9 Å². The van der Waals surface area contributed by atoms with Gasteiger partial charge in [0.1, 0.15) is 0 Å². The van der Waals surface area contributed by atoms with E-state index in [4.69, 9.17) is 11.6 Å². The topological polar surface area (TPSA) is 142 Å². The van der Waals surface area contributed by atoms with Crippen LogP contribution < -0.4 is 21.5 Å². The minimum Gasteiger partial charge on any atom is -0.353 e. The molecule has 0 saturated carbocycles. The first-order valence-electron chi connectivity index (χ1n) is 9.68. The summed E-state index contributed by atoms with van der Waals surface area (Å²) in [6.45, 7) is 1.86. The molecule has 0 radical (unpaired) electrons. The molecule has 0 saturated heterocycles. The van der Waals surface area contributed by atoms with E-state index in [1.807, 2.05) is 6.92 Å². The van der Waals surface area contributed by atoms with Gasteiger partial charge in [-0.15, -0.1) is 0 Å². The molecule has 0 aliphatic rings. The lowest BCUT2D eigenvalue weighted by molar-refractivity contribution is -0.383. The number of hydrogen-bond acceptors (Lipinski definition) is 6. The molecule has 4 aromatic rings. The molecule has 0 atom stereocenters. The SMILES string of the molecule is Cc1ccc(NC(=O)Nc2ccccc2Nc2ccc([N+](=O)[O-])c3nc[nH]c(=O)c23)cc1Cl. The van der Waals surface area contributed by atoms with Crippen molar-refractivity contribution in [2.24, 2.45) is 0 Å². The Morgan fingerprint density at radius 2 is 1.82 bits per heavy atom. The van der Waals surface area contributed by atoms with Crippen molar-refractivity contribution < 1.29 is 9.72 Å². The van der Waals surface area contributed by atoms with E-state index in [1.165, 1.54) is 12.1 Å². The van der Waals surface area contributed by atoms with Gasteiger partial charge in [-0.2, -0.15) is 0 Å². The molecule has 1 aromatic heterocycles. The molecule has 4 rings (SSSR count). The molecule has 10 nitrogen and oxygen atoms in total.